The number of fused-ring (bicyclic) bond motifs is 3. The van der Waals surface area contributed by atoms with Gasteiger partial charge in [-0.3, -0.25) is 9.78 Å². The molecule has 0 atom stereocenters. The van der Waals surface area contributed by atoms with E-state index >= 15 is 0 Å². The number of ether oxygens (including phenoxy) is 1. The average molecular weight is 401 g/mol. The Bertz CT molecular complexity index is 1090. The van der Waals surface area contributed by atoms with Gasteiger partial charge in [0.15, 0.2) is 11.5 Å². The van der Waals surface area contributed by atoms with Crippen LogP contribution >= 0.6 is 0 Å². The molecule has 0 saturated heterocycles. The van der Waals surface area contributed by atoms with Gasteiger partial charge in [0.05, 0.1) is 29.9 Å². The maximum atomic E-state index is 13.0. The molecule has 7 heteroatoms. The van der Waals surface area contributed by atoms with Crippen LogP contribution in [0.1, 0.15) is 41.7 Å². The Labute approximate surface area is 174 Å². The number of amides is 1. The van der Waals surface area contributed by atoms with E-state index in [1.165, 1.54) is 0 Å². The summed E-state index contributed by atoms with van der Waals surface area (Å²) in [6, 6.07) is 9.73. The van der Waals surface area contributed by atoms with E-state index in [9.17, 15) is 4.79 Å². The highest BCUT2D eigenvalue weighted by Crippen LogP contribution is 2.33. The van der Waals surface area contributed by atoms with Crippen LogP contribution < -0.4 is 15.8 Å². The molecule has 1 amide bonds. The van der Waals surface area contributed by atoms with Crippen molar-refractivity contribution in [1.29, 1.82) is 0 Å². The van der Waals surface area contributed by atoms with Gasteiger partial charge in [0, 0.05) is 11.8 Å². The zero-order chi connectivity index (χ0) is 20.5. The molecule has 0 radical (unpaired) electrons. The maximum Gasteiger partial charge on any atom is 0.278 e. The van der Waals surface area contributed by atoms with Crippen molar-refractivity contribution in [2.75, 3.05) is 11.1 Å². The highest BCUT2D eigenvalue weighted by Gasteiger charge is 2.25. The minimum atomic E-state index is -0.390. The number of anilines is 2. The third kappa shape index (κ3) is 3.70. The van der Waals surface area contributed by atoms with Crippen LogP contribution in [-0.4, -0.2) is 27.0 Å². The topological polar surface area (TPSA) is 103 Å². The fourth-order valence-electron chi connectivity index (χ4n) is 4.29. The number of aromatic nitrogens is 3. The molecule has 30 heavy (non-hydrogen) atoms. The van der Waals surface area contributed by atoms with Gasteiger partial charge in [-0.15, -0.1) is 0 Å². The van der Waals surface area contributed by atoms with E-state index in [2.05, 4.69) is 20.3 Å². The van der Waals surface area contributed by atoms with E-state index in [0.717, 1.165) is 49.0 Å². The quantitative estimate of drug-likeness (QED) is 0.593. The summed E-state index contributed by atoms with van der Waals surface area (Å²) < 4.78 is 6.27. The molecule has 1 saturated carbocycles. The fraction of sp³-hybridized carbons (Fsp3) is 0.304. The van der Waals surface area contributed by atoms with Crippen molar-refractivity contribution in [1.82, 2.24) is 15.0 Å². The highest BCUT2D eigenvalue weighted by atomic mass is 16.5. The van der Waals surface area contributed by atoms with Gasteiger partial charge >= 0.3 is 0 Å². The second-order valence-electron chi connectivity index (χ2n) is 7.97. The van der Waals surface area contributed by atoms with Crippen molar-refractivity contribution in [3.63, 3.8) is 0 Å². The van der Waals surface area contributed by atoms with E-state index in [4.69, 9.17) is 10.5 Å². The van der Waals surface area contributed by atoms with Crippen molar-refractivity contribution < 1.29 is 9.53 Å². The molecule has 1 fully saturated rings. The molecule has 4 heterocycles. The lowest BCUT2D eigenvalue weighted by atomic mass is 9.83. The first-order valence-electron chi connectivity index (χ1n) is 10.3. The third-order valence-corrected chi connectivity index (χ3v) is 5.91. The number of nitrogens with zero attached hydrogens (tertiary/aromatic N) is 3. The zero-order valence-corrected chi connectivity index (χ0v) is 16.5. The first-order chi connectivity index (χ1) is 14.7. The normalized spacial score (nSPS) is 20.7. The third-order valence-electron chi connectivity index (χ3n) is 5.91. The molecule has 7 nitrogen and oxygen atoms in total. The monoisotopic (exact) mass is 401 g/mol. The van der Waals surface area contributed by atoms with Gasteiger partial charge < -0.3 is 15.8 Å². The number of carbonyl (C=O) groups excluding carboxylic acids is 1. The molecule has 1 aromatic carbocycles. The second-order valence-corrected chi connectivity index (χ2v) is 7.97. The average Bonchev–Trinajstić information content (AvgIpc) is 2.76. The van der Waals surface area contributed by atoms with Gasteiger partial charge in [-0.2, -0.15) is 0 Å². The Hall–Kier alpha value is -3.48. The van der Waals surface area contributed by atoms with Crippen LogP contribution in [0.15, 0.2) is 48.9 Å². The van der Waals surface area contributed by atoms with Crippen molar-refractivity contribution in [2.24, 2.45) is 5.92 Å². The first kappa shape index (κ1) is 18.5. The Morgan fingerprint density at radius 1 is 1.10 bits per heavy atom. The number of benzene rings is 1. The Kier molecular flexibility index (Phi) is 4.78. The molecule has 1 aliphatic carbocycles. The Morgan fingerprint density at radius 2 is 1.97 bits per heavy atom. The molecular weight excluding hydrogens is 378 g/mol. The van der Waals surface area contributed by atoms with E-state index in [1.54, 1.807) is 18.6 Å². The molecule has 2 aliphatic heterocycles. The van der Waals surface area contributed by atoms with Gasteiger partial charge in [-0.05, 0) is 61.8 Å². The van der Waals surface area contributed by atoms with Crippen molar-refractivity contribution in [2.45, 2.75) is 38.2 Å². The lowest BCUT2D eigenvalue weighted by Gasteiger charge is -2.29. The van der Waals surface area contributed by atoms with Crippen LogP contribution in [-0.2, 0) is 6.42 Å². The van der Waals surface area contributed by atoms with Gasteiger partial charge in [0.1, 0.15) is 5.75 Å². The van der Waals surface area contributed by atoms with Crippen molar-refractivity contribution >= 4 is 17.4 Å². The first-order valence-corrected chi connectivity index (χ1v) is 10.3. The summed E-state index contributed by atoms with van der Waals surface area (Å²) in [6.07, 6.45) is 10.4. The molecule has 152 valence electrons. The number of nitrogen functional groups attached to an aromatic ring is 1. The SMILES string of the molecule is Nc1ncc2nc1C(=O)Nc1cnccc1C[C@H]1CC[C@@H](CC1)Oc1cccc-2c1. The summed E-state index contributed by atoms with van der Waals surface area (Å²) >= 11 is 0. The molecule has 0 unspecified atom stereocenters. The standard InChI is InChI=1S/C23H23N5O2/c24-22-21-23(29)28-19-12-25-9-8-16(19)10-14-4-6-17(7-5-14)30-18-3-1-2-15(11-18)20(27-21)13-26-22/h1-3,8-9,11-14,17H,4-7,10H2,(H2,24,26)(H,28,29)/t14-,17-. The van der Waals surface area contributed by atoms with E-state index in [-0.39, 0.29) is 23.5 Å². The molecule has 6 bridgehead atoms. The zero-order valence-electron chi connectivity index (χ0n) is 16.5. The number of nitrogens with two attached hydrogens (primary N) is 1. The minimum absolute atomic E-state index is 0.0919. The number of carbonyl (C=O) groups is 1. The van der Waals surface area contributed by atoms with Gasteiger partial charge in [0.2, 0.25) is 0 Å². The molecular formula is C23H23N5O2. The fourth-order valence-corrected chi connectivity index (χ4v) is 4.29. The van der Waals surface area contributed by atoms with E-state index in [1.807, 2.05) is 30.3 Å². The van der Waals surface area contributed by atoms with Crippen LogP contribution in [0.5, 0.6) is 5.75 Å². The van der Waals surface area contributed by atoms with Crippen LogP contribution in [0.2, 0.25) is 0 Å². The summed E-state index contributed by atoms with van der Waals surface area (Å²) in [5, 5.41) is 2.95. The predicted octanol–water partition coefficient (Wildman–Crippen LogP) is 3.87. The smallest absolute Gasteiger partial charge is 0.278 e. The van der Waals surface area contributed by atoms with Crippen molar-refractivity contribution in [3.8, 4) is 17.0 Å². The van der Waals surface area contributed by atoms with E-state index < -0.39 is 0 Å². The number of pyridine rings is 1. The number of nitrogens with one attached hydrogen (secondary N) is 1. The molecule has 6 rings (SSSR count). The largest absolute Gasteiger partial charge is 0.490 e. The summed E-state index contributed by atoms with van der Waals surface area (Å²) in [4.78, 5) is 25.9. The molecule has 3 aromatic rings. The van der Waals surface area contributed by atoms with Crippen LogP contribution in [0, 0.1) is 5.92 Å². The van der Waals surface area contributed by atoms with Crippen LogP contribution in [0.4, 0.5) is 11.5 Å². The summed E-state index contributed by atoms with van der Waals surface area (Å²) in [7, 11) is 0. The second kappa shape index (κ2) is 7.74. The summed E-state index contributed by atoms with van der Waals surface area (Å²) in [5.74, 6) is 1.06. The molecule has 0 spiro atoms. The summed E-state index contributed by atoms with van der Waals surface area (Å²) in [5.41, 5.74) is 9.25. The Morgan fingerprint density at radius 3 is 2.83 bits per heavy atom. The summed E-state index contributed by atoms with van der Waals surface area (Å²) in [6.45, 7) is 0. The van der Waals surface area contributed by atoms with Crippen LogP contribution in [0.3, 0.4) is 0 Å². The highest BCUT2D eigenvalue weighted by molar-refractivity contribution is 6.06. The number of hydrogen-bond donors (Lipinski definition) is 2. The van der Waals surface area contributed by atoms with E-state index in [0.29, 0.717) is 17.3 Å². The molecule has 3 aliphatic rings. The maximum absolute atomic E-state index is 13.0. The Balaban J connectivity index is 1.59. The van der Waals surface area contributed by atoms with Gasteiger partial charge in [-0.1, -0.05) is 12.1 Å². The lowest BCUT2D eigenvalue weighted by molar-refractivity contribution is 0.102. The number of hydrogen-bond acceptors (Lipinski definition) is 6. The van der Waals surface area contributed by atoms with Crippen LogP contribution in [0.25, 0.3) is 11.3 Å². The van der Waals surface area contributed by atoms with Gasteiger partial charge in [-0.25, -0.2) is 9.97 Å². The lowest BCUT2D eigenvalue weighted by Crippen LogP contribution is -2.25. The van der Waals surface area contributed by atoms with Crippen molar-refractivity contribution in [3.05, 3.63) is 60.2 Å². The molecule has 3 N–H and O–H groups in total. The molecule has 2 aromatic heterocycles. The minimum Gasteiger partial charge on any atom is -0.490 e. The number of rotatable bonds is 0. The van der Waals surface area contributed by atoms with Gasteiger partial charge in [0.25, 0.3) is 5.91 Å². The predicted molar refractivity (Wildman–Crippen MR) is 114 cm³/mol.